The second kappa shape index (κ2) is 5.82. The monoisotopic (exact) mass is 300 g/mol. The minimum absolute atomic E-state index is 0.142. The van der Waals surface area contributed by atoms with E-state index < -0.39 is 0 Å². The lowest BCUT2D eigenvalue weighted by molar-refractivity contribution is 0.231. The molecule has 1 aliphatic carbocycles. The Morgan fingerprint density at radius 1 is 0.739 bits per heavy atom. The highest BCUT2D eigenvalue weighted by atomic mass is 16.6. The summed E-state index contributed by atoms with van der Waals surface area (Å²) >= 11 is 0. The standard InChI is InChI=1S/C19H15BNO2/c21-13-9-11-14(12-10-13)22-20-23-19-17-7-3-1-5-15(17)16-6-2-4-8-18(16)19/h1-12,19H,21H2. The van der Waals surface area contributed by atoms with Crippen molar-refractivity contribution in [3.8, 4) is 16.9 Å². The SMILES string of the molecule is Nc1ccc(O[B]OC2c3ccccc3-c3ccccc32)cc1. The summed E-state index contributed by atoms with van der Waals surface area (Å²) in [5, 5.41) is 0. The van der Waals surface area contributed by atoms with E-state index in [-0.39, 0.29) is 6.10 Å². The molecule has 3 aromatic carbocycles. The highest BCUT2D eigenvalue weighted by Crippen LogP contribution is 2.44. The van der Waals surface area contributed by atoms with E-state index in [0.717, 1.165) is 11.1 Å². The number of nitrogen functional groups attached to an aromatic ring is 1. The van der Waals surface area contributed by atoms with Crippen LogP contribution in [0.5, 0.6) is 5.75 Å². The van der Waals surface area contributed by atoms with E-state index in [1.807, 2.05) is 36.4 Å². The lowest BCUT2D eigenvalue weighted by atomic mass is 10.1. The van der Waals surface area contributed by atoms with E-state index in [1.165, 1.54) is 18.8 Å². The van der Waals surface area contributed by atoms with Gasteiger partial charge in [-0.3, -0.25) is 0 Å². The Morgan fingerprint density at radius 2 is 1.30 bits per heavy atom. The highest BCUT2D eigenvalue weighted by molar-refractivity contribution is 6.19. The molecule has 0 spiro atoms. The van der Waals surface area contributed by atoms with Crippen molar-refractivity contribution in [2.24, 2.45) is 0 Å². The molecule has 3 aromatic rings. The Labute approximate surface area is 136 Å². The molecule has 23 heavy (non-hydrogen) atoms. The molecule has 4 heteroatoms. The zero-order chi connectivity index (χ0) is 15.6. The lowest BCUT2D eigenvalue weighted by Crippen LogP contribution is -2.12. The van der Waals surface area contributed by atoms with Crippen LogP contribution in [0, 0.1) is 0 Å². The normalized spacial score (nSPS) is 12.5. The van der Waals surface area contributed by atoms with Gasteiger partial charge in [-0.25, -0.2) is 0 Å². The predicted octanol–water partition coefficient (Wildman–Crippen LogP) is 3.97. The predicted molar refractivity (Wildman–Crippen MR) is 92.0 cm³/mol. The smallest absolute Gasteiger partial charge is 0.537 e. The number of anilines is 1. The van der Waals surface area contributed by atoms with E-state index in [1.54, 1.807) is 12.1 Å². The summed E-state index contributed by atoms with van der Waals surface area (Å²) in [5.74, 6) is 0.693. The van der Waals surface area contributed by atoms with Gasteiger partial charge >= 0.3 is 7.69 Å². The number of hydrogen-bond acceptors (Lipinski definition) is 3. The summed E-state index contributed by atoms with van der Waals surface area (Å²) in [6.45, 7) is 0. The van der Waals surface area contributed by atoms with Crippen molar-refractivity contribution in [1.82, 2.24) is 0 Å². The van der Waals surface area contributed by atoms with Gasteiger partial charge in [0.15, 0.2) is 0 Å². The Morgan fingerprint density at radius 3 is 1.91 bits per heavy atom. The number of benzene rings is 3. The molecule has 111 valence electrons. The number of nitrogens with two attached hydrogens (primary N) is 1. The summed E-state index contributed by atoms with van der Waals surface area (Å²) in [6, 6.07) is 23.8. The van der Waals surface area contributed by atoms with Crippen molar-refractivity contribution in [2.75, 3.05) is 5.73 Å². The fourth-order valence-corrected chi connectivity index (χ4v) is 2.94. The summed E-state index contributed by atoms with van der Waals surface area (Å²) in [6.07, 6.45) is -0.142. The first-order valence-corrected chi connectivity index (χ1v) is 7.50. The quantitative estimate of drug-likeness (QED) is 0.586. The van der Waals surface area contributed by atoms with Crippen LogP contribution in [0.15, 0.2) is 72.8 Å². The molecule has 0 amide bonds. The average Bonchev–Trinajstić information content (AvgIpc) is 2.91. The van der Waals surface area contributed by atoms with Crippen LogP contribution in [-0.2, 0) is 4.65 Å². The van der Waals surface area contributed by atoms with E-state index in [2.05, 4.69) is 24.3 Å². The molecule has 0 heterocycles. The highest BCUT2D eigenvalue weighted by Gasteiger charge is 2.29. The Hall–Kier alpha value is -2.72. The molecule has 0 aromatic heterocycles. The molecule has 3 nitrogen and oxygen atoms in total. The van der Waals surface area contributed by atoms with Gasteiger partial charge in [-0.2, -0.15) is 0 Å². The molecule has 4 rings (SSSR count). The third kappa shape index (κ3) is 2.58. The van der Waals surface area contributed by atoms with Crippen LogP contribution in [0.1, 0.15) is 17.2 Å². The van der Waals surface area contributed by atoms with Gasteiger partial charge in [-0.05, 0) is 46.5 Å². The third-order valence-corrected chi connectivity index (χ3v) is 4.03. The zero-order valence-electron chi connectivity index (χ0n) is 12.5. The fraction of sp³-hybridized carbons (Fsp3) is 0.0526. The minimum Gasteiger partial charge on any atom is -0.537 e. The van der Waals surface area contributed by atoms with Crippen molar-refractivity contribution < 1.29 is 9.31 Å². The molecule has 0 aliphatic heterocycles. The van der Waals surface area contributed by atoms with Crippen LogP contribution >= 0.6 is 0 Å². The maximum Gasteiger partial charge on any atom is 0.573 e. The van der Waals surface area contributed by atoms with Crippen molar-refractivity contribution in [3.05, 3.63) is 83.9 Å². The van der Waals surface area contributed by atoms with Crippen LogP contribution in [-0.4, -0.2) is 7.69 Å². The largest absolute Gasteiger partial charge is 0.573 e. The molecular formula is C19H15BNO2. The Bertz CT molecular complexity index is 787. The van der Waals surface area contributed by atoms with Gasteiger partial charge in [-0.15, -0.1) is 0 Å². The van der Waals surface area contributed by atoms with Crippen LogP contribution < -0.4 is 10.4 Å². The fourth-order valence-electron chi connectivity index (χ4n) is 2.94. The first-order valence-electron chi connectivity index (χ1n) is 7.50. The molecule has 1 radical (unpaired) electrons. The maximum atomic E-state index is 5.91. The minimum atomic E-state index is -0.142. The number of fused-ring (bicyclic) bond motifs is 3. The molecule has 0 unspecified atom stereocenters. The molecule has 1 aliphatic rings. The first kappa shape index (κ1) is 13.9. The summed E-state index contributed by atoms with van der Waals surface area (Å²) < 4.78 is 11.5. The third-order valence-electron chi connectivity index (χ3n) is 4.03. The van der Waals surface area contributed by atoms with Crippen molar-refractivity contribution in [3.63, 3.8) is 0 Å². The van der Waals surface area contributed by atoms with Gasteiger partial charge in [0.1, 0.15) is 5.75 Å². The lowest BCUT2D eigenvalue weighted by Gasteiger charge is -2.14. The van der Waals surface area contributed by atoms with Crippen molar-refractivity contribution in [2.45, 2.75) is 6.10 Å². The number of hydrogen-bond donors (Lipinski definition) is 1. The summed E-state index contributed by atoms with van der Waals surface area (Å²) in [7, 11) is 1.40. The molecular weight excluding hydrogens is 285 g/mol. The summed E-state index contributed by atoms with van der Waals surface area (Å²) in [5.41, 5.74) is 11.1. The average molecular weight is 300 g/mol. The molecule has 0 fully saturated rings. The maximum absolute atomic E-state index is 5.91. The van der Waals surface area contributed by atoms with Crippen LogP contribution in [0.4, 0.5) is 5.69 Å². The van der Waals surface area contributed by atoms with Crippen LogP contribution in [0.3, 0.4) is 0 Å². The molecule has 0 saturated heterocycles. The van der Waals surface area contributed by atoms with Gasteiger partial charge in [-0.1, -0.05) is 48.5 Å². The number of rotatable bonds is 4. The second-order valence-corrected chi connectivity index (χ2v) is 5.47. The van der Waals surface area contributed by atoms with E-state index in [4.69, 9.17) is 15.0 Å². The van der Waals surface area contributed by atoms with Gasteiger partial charge in [0.05, 0.1) is 6.10 Å². The summed E-state index contributed by atoms with van der Waals surface area (Å²) in [4.78, 5) is 0. The van der Waals surface area contributed by atoms with Crippen LogP contribution in [0.25, 0.3) is 11.1 Å². The van der Waals surface area contributed by atoms with Gasteiger partial charge < -0.3 is 15.0 Å². The van der Waals surface area contributed by atoms with Gasteiger partial charge in [0.25, 0.3) is 0 Å². The Balaban J connectivity index is 1.53. The van der Waals surface area contributed by atoms with E-state index >= 15 is 0 Å². The zero-order valence-corrected chi connectivity index (χ0v) is 12.5. The van der Waals surface area contributed by atoms with Crippen molar-refractivity contribution >= 4 is 13.4 Å². The molecule has 0 bridgehead atoms. The van der Waals surface area contributed by atoms with Gasteiger partial charge in [0.2, 0.25) is 0 Å². The van der Waals surface area contributed by atoms with Crippen LogP contribution in [0.2, 0.25) is 0 Å². The molecule has 0 saturated carbocycles. The van der Waals surface area contributed by atoms with E-state index in [0.29, 0.717) is 11.4 Å². The molecule has 0 atom stereocenters. The first-order chi connectivity index (χ1) is 11.3. The van der Waals surface area contributed by atoms with Crippen molar-refractivity contribution in [1.29, 1.82) is 0 Å². The van der Waals surface area contributed by atoms with Gasteiger partial charge in [0, 0.05) is 5.69 Å². The second-order valence-electron chi connectivity index (χ2n) is 5.47. The van der Waals surface area contributed by atoms with E-state index in [9.17, 15) is 0 Å². The topological polar surface area (TPSA) is 44.5 Å². The Kier molecular flexibility index (Phi) is 3.52. The molecule has 2 N–H and O–H groups in total.